The zero-order chi connectivity index (χ0) is 12.3. The summed E-state index contributed by atoms with van der Waals surface area (Å²) in [4.78, 5) is 11.2. The number of carbonyl (C=O) groups is 1. The van der Waals surface area contributed by atoms with Crippen molar-refractivity contribution >= 4 is 5.91 Å². The maximum absolute atomic E-state index is 11.2. The van der Waals surface area contributed by atoms with Crippen molar-refractivity contribution in [2.45, 2.75) is 54.9 Å². The van der Waals surface area contributed by atoms with Crippen LogP contribution >= 0.6 is 0 Å². The lowest BCUT2D eigenvalue weighted by molar-refractivity contribution is -0.292. The lowest BCUT2D eigenvalue weighted by Gasteiger charge is -2.77. The van der Waals surface area contributed by atoms with Crippen molar-refractivity contribution in [1.29, 1.82) is 0 Å². The fourth-order valence-electron chi connectivity index (χ4n) is 3.67. The SMILES string of the molecule is CC1(C)C(C)(C)C(C)(CC(N)=O)C1(C)C. The summed E-state index contributed by atoms with van der Waals surface area (Å²) >= 11 is 0. The van der Waals surface area contributed by atoms with Gasteiger partial charge in [0, 0.05) is 6.42 Å². The molecule has 0 atom stereocenters. The molecule has 1 amide bonds. The molecule has 1 fully saturated rings. The van der Waals surface area contributed by atoms with Crippen LogP contribution < -0.4 is 5.73 Å². The minimum absolute atomic E-state index is 0.00463. The number of rotatable bonds is 2. The molecule has 0 saturated heterocycles. The topological polar surface area (TPSA) is 43.1 Å². The van der Waals surface area contributed by atoms with Crippen molar-refractivity contribution in [3.63, 3.8) is 0 Å². The highest BCUT2D eigenvalue weighted by molar-refractivity contribution is 5.75. The fraction of sp³-hybridized carbons (Fsp3) is 0.923. The third-order valence-corrected chi connectivity index (χ3v) is 6.41. The molecule has 15 heavy (non-hydrogen) atoms. The molecule has 0 bridgehead atoms. The van der Waals surface area contributed by atoms with Crippen LogP contribution in [0.5, 0.6) is 0 Å². The van der Waals surface area contributed by atoms with E-state index in [1.165, 1.54) is 0 Å². The van der Waals surface area contributed by atoms with Crippen LogP contribution in [0, 0.1) is 21.7 Å². The van der Waals surface area contributed by atoms with Gasteiger partial charge in [-0.15, -0.1) is 0 Å². The molecule has 0 spiro atoms. The molecule has 2 heteroatoms. The molecule has 0 aromatic heterocycles. The summed E-state index contributed by atoms with van der Waals surface area (Å²) in [5.41, 5.74) is 5.88. The molecule has 1 aliphatic carbocycles. The Morgan fingerprint density at radius 2 is 1.20 bits per heavy atom. The first-order valence-electron chi connectivity index (χ1n) is 5.70. The van der Waals surface area contributed by atoms with E-state index in [0.29, 0.717) is 6.42 Å². The molecule has 0 aromatic rings. The van der Waals surface area contributed by atoms with Crippen molar-refractivity contribution in [2.75, 3.05) is 0 Å². The lowest BCUT2D eigenvalue weighted by atomic mass is 9.27. The minimum atomic E-state index is -0.186. The number of hydrogen-bond acceptors (Lipinski definition) is 1. The fourth-order valence-corrected chi connectivity index (χ4v) is 3.67. The van der Waals surface area contributed by atoms with Crippen molar-refractivity contribution < 1.29 is 4.79 Å². The molecule has 1 aliphatic rings. The predicted molar refractivity (Wildman–Crippen MR) is 63.3 cm³/mol. The summed E-state index contributed by atoms with van der Waals surface area (Å²) in [6, 6.07) is 0. The van der Waals surface area contributed by atoms with Crippen LogP contribution in [0.1, 0.15) is 54.9 Å². The highest BCUT2D eigenvalue weighted by Crippen LogP contribution is 2.78. The third-order valence-electron chi connectivity index (χ3n) is 6.41. The van der Waals surface area contributed by atoms with E-state index in [1.807, 2.05) is 0 Å². The molecule has 1 saturated carbocycles. The van der Waals surface area contributed by atoms with Crippen LogP contribution in [0.2, 0.25) is 0 Å². The number of carbonyl (C=O) groups excluding carboxylic acids is 1. The summed E-state index contributed by atoms with van der Waals surface area (Å²) in [5, 5.41) is 0. The van der Waals surface area contributed by atoms with Gasteiger partial charge in [-0.3, -0.25) is 4.79 Å². The van der Waals surface area contributed by atoms with Gasteiger partial charge in [0.2, 0.25) is 5.91 Å². The summed E-state index contributed by atoms with van der Waals surface area (Å²) in [5.74, 6) is -0.186. The summed E-state index contributed by atoms with van der Waals surface area (Å²) in [6.45, 7) is 15.8. The molecule has 88 valence electrons. The van der Waals surface area contributed by atoms with Gasteiger partial charge in [-0.2, -0.15) is 0 Å². The van der Waals surface area contributed by atoms with Crippen molar-refractivity contribution in [1.82, 2.24) is 0 Å². The van der Waals surface area contributed by atoms with Crippen molar-refractivity contribution in [3.8, 4) is 0 Å². The molecular formula is C13H25NO. The zero-order valence-electron chi connectivity index (χ0n) is 11.2. The Labute approximate surface area is 93.6 Å². The third kappa shape index (κ3) is 1.08. The van der Waals surface area contributed by atoms with Gasteiger partial charge >= 0.3 is 0 Å². The molecule has 0 aliphatic heterocycles. The van der Waals surface area contributed by atoms with Gasteiger partial charge in [0.05, 0.1) is 0 Å². The predicted octanol–water partition coefficient (Wildman–Crippen LogP) is 2.96. The molecule has 1 rings (SSSR count). The standard InChI is InChI=1S/C13H25NO/c1-10(2)11(3,4)13(7,8-9(14)15)12(10,5)6/h8H2,1-7H3,(H2,14,15). The maximum Gasteiger partial charge on any atom is 0.218 e. The van der Waals surface area contributed by atoms with Gasteiger partial charge in [0.1, 0.15) is 0 Å². The first kappa shape index (κ1) is 12.5. The first-order valence-corrected chi connectivity index (χ1v) is 5.70. The van der Waals surface area contributed by atoms with E-state index in [0.717, 1.165) is 0 Å². The van der Waals surface area contributed by atoms with E-state index in [-0.39, 0.29) is 27.6 Å². The van der Waals surface area contributed by atoms with Crippen LogP contribution in [-0.2, 0) is 4.79 Å². The molecule has 0 aromatic carbocycles. The van der Waals surface area contributed by atoms with Gasteiger partial charge in [0.15, 0.2) is 0 Å². The Balaban J connectivity index is 3.16. The summed E-state index contributed by atoms with van der Waals surface area (Å²) < 4.78 is 0. The Hall–Kier alpha value is -0.530. The normalized spacial score (nSPS) is 29.3. The molecule has 0 unspecified atom stereocenters. The minimum Gasteiger partial charge on any atom is -0.370 e. The second kappa shape index (κ2) is 2.78. The van der Waals surface area contributed by atoms with E-state index in [4.69, 9.17) is 5.73 Å². The Morgan fingerprint density at radius 1 is 0.867 bits per heavy atom. The van der Waals surface area contributed by atoms with Crippen molar-refractivity contribution in [3.05, 3.63) is 0 Å². The van der Waals surface area contributed by atoms with E-state index in [1.54, 1.807) is 0 Å². The average Bonchev–Trinajstić information content (AvgIpc) is 2.00. The quantitative estimate of drug-likeness (QED) is 0.749. The lowest BCUT2D eigenvalue weighted by Crippen LogP contribution is -2.72. The molecule has 0 radical (unpaired) electrons. The highest BCUT2D eigenvalue weighted by atomic mass is 16.1. The van der Waals surface area contributed by atoms with Crippen LogP contribution in [0.4, 0.5) is 0 Å². The molecule has 2 nitrogen and oxygen atoms in total. The van der Waals surface area contributed by atoms with Gasteiger partial charge in [-0.1, -0.05) is 48.5 Å². The number of hydrogen-bond donors (Lipinski definition) is 1. The molecule has 2 N–H and O–H groups in total. The Kier molecular flexibility index (Phi) is 2.32. The molecule has 0 heterocycles. The van der Waals surface area contributed by atoms with Gasteiger partial charge in [-0.05, 0) is 21.7 Å². The Bertz CT molecular complexity index is 282. The van der Waals surface area contributed by atoms with E-state index in [9.17, 15) is 4.79 Å². The first-order chi connectivity index (χ1) is 6.42. The number of primary amides is 1. The average molecular weight is 211 g/mol. The van der Waals surface area contributed by atoms with E-state index in [2.05, 4.69) is 48.5 Å². The number of nitrogens with two attached hydrogens (primary N) is 1. The zero-order valence-corrected chi connectivity index (χ0v) is 11.2. The largest absolute Gasteiger partial charge is 0.370 e. The smallest absolute Gasteiger partial charge is 0.218 e. The Morgan fingerprint density at radius 3 is 1.47 bits per heavy atom. The van der Waals surface area contributed by atoms with Gasteiger partial charge < -0.3 is 5.73 Å². The van der Waals surface area contributed by atoms with E-state index < -0.39 is 0 Å². The van der Waals surface area contributed by atoms with E-state index >= 15 is 0 Å². The van der Waals surface area contributed by atoms with Gasteiger partial charge in [0.25, 0.3) is 0 Å². The summed E-state index contributed by atoms with van der Waals surface area (Å²) in [7, 11) is 0. The van der Waals surface area contributed by atoms with Crippen LogP contribution in [0.25, 0.3) is 0 Å². The summed E-state index contributed by atoms with van der Waals surface area (Å²) in [6.07, 6.45) is 0.483. The number of amides is 1. The second-order valence-electron chi connectivity index (χ2n) is 6.85. The molecular weight excluding hydrogens is 186 g/mol. The van der Waals surface area contributed by atoms with Crippen molar-refractivity contribution in [2.24, 2.45) is 27.4 Å². The monoisotopic (exact) mass is 211 g/mol. The van der Waals surface area contributed by atoms with Gasteiger partial charge in [-0.25, -0.2) is 0 Å². The second-order valence-corrected chi connectivity index (χ2v) is 6.85. The van der Waals surface area contributed by atoms with Crippen LogP contribution in [-0.4, -0.2) is 5.91 Å². The van der Waals surface area contributed by atoms with Crippen LogP contribution in [0.15, 0.2) is 0 Å². The highest BCUT2D eigenvalue weighted by Gasteiger charge is 2.73. The van der Waals surface area contributed by atoms with Crippen LogP contribution in [0.3, 0.4) is 0 Å². The maximum atomic E-state index is 11.2.